The summed E-state index contributed by atoms with van der Waals surface area (Å²) in [6.07, 6.45) is 8.79. The highest BCUT2D eigenvalue weighted by Gasteiger charge is 2.18. The molecule has 4 heteroatoms. The molecule has 0 atom stereocenters. The van der Waals surface area contributed by atoms with Crippen molar-refractivity contribution >= 4 is 11.1 Å². The Morgan fingerprint density at radius 2 is 1.80 bits per heavy atom. The number of aromatic nitrogens is 2. The number of ether oxygens (including phenoxy) is 1. The molecule has 30 heavy (non-hydrogen) atoms. The van der Waals surface area contributed by atoms with Crippen molar-refractivity contribution in [2.75, 3.05) is 0 Å². The van der Waals surface area contributed by atoms with Gasteiger partial charge in [0.2, 0.25) is 0 Å². The lowest BCUT2D eigenvalue weighted by Crippen LogP contribution is -2.04. The maximum absolute atomic E-state index is 9.92. The maximum Gasteiger partial charge on any atom is 0.146 e. The first-order chi connectivity index (χ1) is 14.7. The number of fused-ring (bicyclic) bond motifs is 1. The van der Waals surface area contributed by atoms with E-state index in [-0.39, 0.29) is 0 Å². The normalized spacial score (nSPS) is 14.2. The maximum atomic E-state index is 9.92. The van der Waals surface area contributed by atoms with E-state index < -0.39 is 0 Å². The molecule has 1 aromatic carbocycles. The number of hydrogen-bond donors (Lipinski definition) is 0. The van der Waals surface area contributed by atoms with Crippen molar-refractivity contribution in [1.29, 1.82) is 5.26 Å². The van der Waals surface area contributed by atoms with Gasteiger partial charge in [0, 0.05) is 18.0 Å². The second kappa shape index (κ2) is 8.75. The lowest BCUT2D eigenvalue weighted by Gasteiger charge is -2.19. The largest absolute Gasteiger partial charge is 0.455 e. The number of benzene rings is 1. The Labute approximate surface area is 177 Å². The van der Waals surface area contributed by atoms with E-state index in [4.69, 9.17) is 4.74 Å². The number of hydrogen-bond acceptors (Lipinski definition) is 4. The van der Waals surface area contributed by atoms with Gasteiger partial charge in [-0.1, -0.05) is 31.5 Å². The van der Waals surface area contributed by atoms with Crippen molar-refractivity contribution in [3.63, 3.8) is 0 Å². The van der Waals surface area contributed by atoms with Crippen LogP contribution in [-0.4, -0.2) is 9.97 Å². The number of rotatable bonds is 5. The number of nitrogens with zero attached hydrogens (tertiary/aromatic N) is 3. The highest BCUT2D eigenvalue weighted by atomic mass is 16.5. The molecule has 0 radical (unpaired) electrons. The van der Waals surface area contributed by atoms with Crippen LogP contribution >= 0.6 is 0 Å². The van der Waals surface area contributed by atoms with Crippen LogP contribution < -0.4 is 4.74 Å². The molecule has 4 rings (SSSR count). The zero-order valence-corrected chi connectivity index (χ0v) is 17.2. The van der Waals surface area contributed by atoms with Crippen LogP contribution in [0.3, 0.4) is 0 Å². The first-order valence-corrected chi connectivity index (χ1v) is 10.2. The van der Waals surface area contributed by atoms with Crippen LogP contribution in [0.1, 0.15) is 43.4 Å². The lowest BCUT2D eigenvalue weighted by atomic mass is 9.99. The zero-order valence-electron chi connectivity index (χ0n) is 17.2. The van der Waals surface area contributed by atoms with E-state index in [0.29, 0.717) is 11.3 Å². The van der Waals surface area contributed by atoms with Gasteiger partial charge in [-0.05, 0) is 72.9 Å². The van der Waals surface area contributed by atoms with E-state index >= 15 is 0 Å². The molecule has 0 aliphatic carbocycles. The summed E-state index contributed by atoms with van der Waals surface area (Å²) in [5, 5.41) is 9.92. The van der Waals surface area contributed by atoms with E-state index in [2.05, 4.69) is 29.0 Å². The number of pyridine rings is 2. The van der Waals surface area contributed by atoms with Crippen molar-refractivity contribution in [1.82, 2.24) is 9.97 Å². The fraction of sp³-hybridized carbons (Fsp3) is 0.192. The summed E-state index contributed by atoms with van der Waals surface area (Å²) < 4.78 is 6.06. The molecular weight excluding hydrogens is 370 g/mol. The topological polar surface area (TPSA) is 58.8 Å². The molecule has 3 aromatic rings. The molecule has 3 heterocycles. The molecule has 2 aromatic heterocycles. The second-order valence-corrected chi connectivity index (χ2v) is 7.36. The van der Waals surface area contributed by atoms with Crippen molar-refractivity contribution in [2.45, 2.75) is 33.1 Å². The number of unbranched alkanes of at least 4 members (excludes halogenated alkanes) is 1. The Hall–Kier alpha value is -3.71. The summed E-state index contributed by atoms with van der Waals surface area (Å²) in [6.45, 7) is 4.21. The third kappa shape index (κ3) is 4.01. The van der Waals surface area contributed by atoms with Crippen LogP contribution in [0.15, 0.2) is 72.8 Å². The number of aryl methyl sites for hydroxylation is 1. The number of allylic oxidation sites excluding steroid dienone is 3. The molecule has 0 amide bonds. The van der Waals surface area contributed by atoms with Gasteiger partial charge in [0.15, 0.2) is 0 Å². The van der Waals surface area contributed by atoms with Gasteiger partial charge < -0.3 is 4.74 Å². The molecule has 0 saturated carbocycles. The Morgan fingerprint density at radius 3 is 2.60 bits per heavy atom. The van der Waals surface area contributed by atoms with Gasteiger partial charge in [0.05, 0.1) is 11.4 Å². The fourth-order valence-corrected chi connectivity index (χ4v) is 3.57. The molecule has 0 fully saturated rings. The van der Waals surface area contributed by atoms with Gasteiger partial charge in [-0.15, -0.1) is 0 Å². The van der Waals surface area contributed by atoms with E-state index in [1.807, 2.05) is 61.7 Å². The lowest BCUT2D eigenvalue weighted by molar-refractivity contribution is 0.441. The van der Waals surface area contributed by atoms with E-state index in [0.717, 1.165) is 53.1 Å². The van der Waals surface area contributed by atoms with Gasteiger partial charge in [0.1, 0.15) is 23.2 Å². The van der Waals surface area contributed by atoms with E-state index in [1.54, 1.807) is 6.20 Å². The third-order valence-corrected chi connectivity index (χ3v) is 5.19. The van der Waals surface area contributed by atoms with Gasteiger partial charge >= 0.3 is 0 Å². The third-order valence-electron chi connectivity index (χ3n) is 5.19. The fourth-order valence-electron chi connectivity index (χ4n) is 3.57. The van der Waals surface area contributed by atoms with Gasteiger partial charge in [-0.2, -0.15) is 5.26 Å². The van der Waals surface area contributed by atoms with E-state index in [1.165, 1.54) is 5.56 Å². The molecule has 1 aliphatic rings. The predicted octanol–water partition coefficient (Wildman–Crippen LogP) is 6.22. The van der Waals surface area contributed by atoms with Crippen LogP contribution in [0.4, 0.5) is 0 Å². The summed E-state index contributed by atoms with van der Waals surface area (Å²) in [4.78, 5) is 8.99. The Balaban J connectivity index is 1.73. The average Bonchev–Trinajstić information content (AvgIpc) is 2.79. The molecule has 0 unspecified atom stereocenters. The van der Waals surface area contributed by atoms with Crippen LogP contribution in [0, 0.1) is 11.3 Å². The molecule has 148 valence electrons. The summed E-state index contributed by atoms with van der Waals surface area (Å²) in [6, 6.07) is 18.0. The van der Waals surface area contributed by atoms with Crippen molar-refractivity contribution in [3.8, 4) is 23.2 Å². The Kier molecular flexibility index (Phi) is 5.72. The van der Waals surface area contributed by atoms with Crippen LogP contribution in [0.2, 0.25) is 0 Å². The summed E-state index contributed by atoms with van der Waals surface area (Å²) >= 11 is 0. The van der Waals surface area contributed by atoms with Crippen LogP contribution in [-0.2, 0) is 6.42 Å². The number of para-hydroxylation sites is 1. The van der Waals surface area contributed by atoms with Crippen molar-refractivity contribution < 1.29 is 4.74 Å². The Bertz CT molecular complexity index is 1180. The Morgan fingerprint density at radius 1 is 1.03 bits per heavy atom. The first kappa shape index (κ1) is 19.6. The predicted molar refractivity (Wildman–Crippen MR) is 119 cm³/mol. The van der Waals surface area contributed by atoms with Crippen molar-refractivity contribution in [3.05, 3.63) is 89.5 Å². The average molecular weight is 393 g/mol. The van der Waals surface area contributed by atoms with E-state index in [9.17, 15) is 5.26 Å². The van der Waals surface area contributed by atoms with Gasteiger partial charge in [-0.25, -0.2) is 0 Å². The quantitative estimate of drug-likeness (QED) is 0.483. The molecular formula is C26H23N3O. The molecule has 0 N–H and O–H groups in total. The smallest absolute Gasteiger partial charge is 0.146 e. The SMILES string of the molecule is CCCCc1ccnc(-c2cc(/C(C#N)=C3/C=C(C)c4ccccc4O3)ccn2)c1. The minimum absolute atomic E-state index is 0.481. The number of nitriles is 1. The zero-order chi connectivity index (χ0) is 20.9. The second-order valence-electron chi connectivity index (χ2n) is 7.36. The van der Waals surface area contributed by atoms with Gasteiger partial charge in [-0.3, -0.25) is 9.97 Å². The molecule has 0 spiro atoms. The standard InChI is InChI=1S/C26H23N3O/c1-3-4-7-19-10-12-28-23(15-19)24-16-20(11-13-29-24)22(17-27)26-14-18(2)21-8-5-6-9-25(21)30-26/h5-6,8-16H,3-4,7H2,1-2H3/b26-22-. The van der Waals surface area contributed by atoms with Crippen LogP contribution in [0.5, 0.6) is 5.75 Å². The molecule has 0 bridgehead atoms. The minimum atomic E-state index is 0.481. The monoisotopic (exact) mass is 393 g/mol. The molecule has 1 aliphatic heterocycles. The highest BCUT2D eigenvalue weighted by molar-refractivity contribution is 5.85. The summed E-state index contributed by atoms with van der Waals surface area (Å²) in [5.41, 5.74) is 6.17. The van der Waals surface area contributed by atoms with Crippen LogP contribution in [0.25, 0.3) is 22.5 Å². The molecule has 4 nitrogen and oxygen atoms in total. The summed E-state index contributed by atoms with van der Waals surface area (Å²) in [5.74, 6) is 1.32. The highest BCUT2D eigenvalue weighted by Crippen LogP contribution is 2.35. The summed E-state index contributed by atoms with van der Waals surface area (Å²) in [7, 11) is 0. The van der Waals surface area contributed by atoms with Gasteiger partial charge in [0.25, 0.3) is 0 Å². The van der Waals surface area contributed by atoms with Crippen molar-refractivity contribution in [2.24, 2.45) is 0 Å². The first-order valence-electron chi connectivity index (χ1n) is 10.2. The minimum Gasteiger partial charge on any atom is -0.455 e. The molecule has 0 saturated heterocycles.